The van der Waals surface area contributed by atoms with Crippen LogP contribution in [-0.2, 0) is 7.05 Å². The Labute approximate surface area is 207 Å². The molecule has 0 amide bonds. The molecule has 0 N–H and O–H groups in total. The molecule has 0 unspecified atom stereocenters. The summed E-state index contributed by atoms with van der Waals surface area (Å²) in [7, 11) is 1.57. The van der Waals surface area contributed by atoms with Crippen LogP contribution in [0.15, 0.2) is 72.3 Å². The first-order valence-corrected chi connectivity index (χ1v) is 12.4. The minimum Gasteiger partial charge on any atom is -0.419 e. The van der Waals surface area contributed by atoms with Crippen LogP contribution < -0.4 is 21.0 Å². The van der Waals surface area contributed by atoms with Gasteiger partial charge in [-0.2, -0.15) is 0 Å². The molecule has 174 valence electrons. The second-order valence-electron chi connectivity index (χ2n) is 8.50. The third kappa shape index (κ3) is 3.82. The smallest absolute Gasteiger partial charge is 0.337 e. The van der Waals surface area contributed by atoms with E-state index in [0.29, 0.717) is 11.3 Å². The molecule has 0 saturated heterocycles. The highest BCUT2D eigenvalue weighted by atomic mass is 79.9. The minimum atomic E-state index is -0.460. The summed E-state index contributed by atoms with van der Waals surface area (Å²) in [6.07, 6.45) is 1.53. The maximum atomic E-state index is 13.7. The first-order valence-electron chi connectivity index (χ1n) is 10.9. The number of hydrogen-bond acceptors (Lipinski definition) is 5. The van der Waals surface area contributed by atoms with Crippen molar-refractivity contribution in [1.82, 2.24) is 13.7 Å². The zero-order chi connectivity index (χ0) is 24.1. The van der Waals surface area contributed by atoms with Crippen LogP contribution in [0.5, 0.6) is 5.75 Å². The Bertz CT molecular complexity index is 1600. The number of hydrogen-bond donors (Lipinski definition) is 0. The summed E-state index contributed by atoms with van der Waals surface area (Å²) in [5.41, 5.74) is 0.974. The fourth-order valence-corrected chi connectivity index (χ4v) is 4.93. The summed E-state index contributed by atoms with van der Waals surface area (Å²) in [4.78, 5) is 41.3. The van der Waals surface area contributed by atoms with Crippen LogP contribution in [-0.4, -0.2) is 13.7 Å². The van der Waals surface area contributed by atoms with Gasteiger partial charge in [-0.25, -0.2) is 9.36 Å². The molecule has 0 spiro atoms. The van der Waals surface area contributed by atoms with E-state index < -0.39 is 11.2 Å². The molecule has 5 rings (SSSR count). The van der Waals surface area contributed by atoms with E-state index in [1.807, 2.05) is 43.3 Å². The lowest BCUT2D eigenvalue weighted by atomic mass is 10.2. The minimum absolute atomic E-state index is 0.152. The molecule has 1 saturated carbocycles. The van der Waals surface area contributed by atoms with Crippen molar-refractivity contribution in [3.63, 3.8) is 0 Å². The summed E-state index contributed by atoms with van der Waals surface area (Å²) < 4.78 is 11.0. The van der Waals surface area contributed by atoms with Crippen LogP contribution in [0.2, 0.25) is 0 Å². The van der Waals surface area contributed by atoms with Crippen molar-refractivity contribution < 1.29 is 4.18 Å². The van der Waals surface area contributed by atoms with E-state index in [-0.39, 0.29) is 28.4 Å². The van der Waals surface area contributed by atoms with Crippen molar-refractivity contribution in [1.29, 1.82) is 0 Å². The summed E-state index contributed by atoms with van der Waals surface area (Å²) in [5.74, 6) is 0.189. The molecule has 0 bridgehead atoms. The average Bonchev–Trinajstić information content (AvgIpc) is 3.65. The van der Waals surface area contributed by atoms with Gasteiger partial charge in [0.1, 0.15) is 11.0 Å². The molecule has 7 nitrogen and oxygen atoms in total. The van der Waals surface area contributed by atoms with Crippen molar-refractivity contribution in [2.75, 3.05) is 0 Å². The molecule has 0 atom stereocenters. The van der Waals surface area contributed by atoms with E-state index in [4.69, 9.17) is 4.18 Å². The number of aryl methyl sites for hydroxylation is 2. The van der Waals surface area contributed by atoms with Crippen molar-refractivity contribution in [3.05, 3.63) is 95.3 Å². The Kier molecular flexibility index (Phi) is 5.77. The molecule has 2 aromatic carbocycles. The number of benzene rings is 2. The fraction of sp³-hybridized carbons (Fsp3) is 0.240. The first-order chi connectivity index (χ1) is 16.3. The van der Waals surface area contributed by atoms with Crippen LogP contribution in [0.25, 0.3) is 16.7 Å². The van der Waals surface area contributed by atoms with Gasteiger partial charge in [0.05, 0.1) is 23.3 Å². The van der Waals surface area contributed by atoms with E-state index in [0.717, 1.165) is 39.8 Å². The Balaban J connectivity index is 1.83. The predicted octanol–water partition coefficient (Wildman–Crippen LogP) is 4.65. The lowest BCUT2D eigenvalue weighted by Crippen LogP contribution is -2.41. The second kappa shape index (κ2) is 8.63. The van der Waals surface area contributed by atoms with Gasteiger partial charge in [-0.05, 0) is 63.1 Å². The summed E-state index contributed by atoms with van der Waals surface area (Å²) in [6.45, 7) is 3.64. The quantitative estimate of drug-likeness (QED) is 0.345. The summed E-state index contributed by atoms with van der Waals surface area (Å²) in [6, 6.07) is 14.8. The van der Waals surface area contributed by atoms with Crippen LogP contribution in [0, 0.1) is 13.8 Å². The Morgan fingerprint density at radius 1 is 0.941 bits per heavy atom. The monoisotopic (exact) mass is 539 g/mol. The summed E-state index contributed by atoms with van der Waals surface area (Å²) >= 11 is 4.50. The lowest BCUT2D eigenvalue weighted by molar-refractivity contribution is 0.614. The van der Waals surface area contributed by atoms with E-state index >= 15 is 0 Å². The Morgan fingerprint density at radius 2 is 1.59 bits per heavy atom. The second-order valence-corrected chi connectivity index (χ2v) is 10.2. The van der Waals surface area contributed by atoms with Crippen molar-refractivity contribution in [2.24, 2.45) is 7.05 Å². The highest BCUT2D eigenvalue weighted by Crippen LogP contribution is 2.35. The first kappa shape index (κ1) is 22.7. The summed E-state index contributed by atoms with van der Waals surface area (Å²) in [5, 5.41) is 0.216. The topological polar surface area (TPSA) is 75.2 Å². The highest BCUT2D eigenvalue weighted by Gasteiger charge is 2.32. The molecule has 34 heavy (non-hydrogen) atoms. The number of halogens is 1. The molecular weight excluding hydrogens is 518 g/mol. The van der Waals surface area contributed by atoms with Gasteiger partial charge in [-0.15, -0.1) is 0 Å². The van der Waals surface area contributed by atoms with Gasteiger partial charge < -0.3 is 4.18 Å². The van der Waals surface area contributed by atoms with Gasteiger partial charge in [0.25, 0.3) is 11.1 Å². The van der Waals surface area contributed by atoms with Crippen molar-refractivity contribution in [2.45, 2.75) is 37.6 Å². The standard InChI is InChI=1S/C25H22BrN3O4S/c1-14-4-12-19(13-5-14)34-33-21-15(2)23(30)27(3)22-20(21)24(31)29(18-10-11-18)25(32)28(22)17-8-6-16(26)7-9-17/h4-9,12-13,18H,10-11H2,1-3H3. The maximum absolute atomic E-state index is 13.7. The number of pyridine rings is 1. The van der Waals surface area contributed by atoms with Gasteiger partial charge in [0.15, 0.2) is 5.75 Å². The van der Waals surface area contributed by atoms with Crippen LogP contribution in [0.3, 0.4) is 0 Å². The van der Waals surface area contributed by atoms with Gasteiger partial charge in [-0.3, -0.25) is 18.7 Å². The van der Waals surface area contributed by atoms with Crippen molar-refractivity contribution >= 4 is 39.0 Å². The number of fused-ring (bicyclic) bond motifs is 1. The normalized spacial score (nSPS) is 13.4. The predicted molar refractivity (Wildman–Crippen MR) is 137 cm³/mol. The zero-order valence-corrected chi connectivity index (χ0v) is 21.3. The third-order valence-corrected chi connectivity index (χ3v) is 7.26. The molecular formula is C25H22BrN3O4S. The average molecular weight is 540 g/mol. The molecule has 2 aromatic heterocycles. The van der Waals surface area contributed by atoms with Gasteiger partial charge in [0, 0.05) is 22.5 Å². The van der Waals surface area contributed by atoms with Crippen LogP contribution in [0.4, 0.5) is 0 Å². The molecule has 0 radical (unpaired) electrons. The SMILES string of the molecule is Cc1ccc(SOc2c(C)c(=O)n(C)c3c2c(=O)n(C2CC2)c(=O)n3-c2ccc(Br)cc2)cc1. The van der Waals surface area contributed by atoms with Crippen molar-refractivity contribution in [3.8, 4) is 11.4 Å². The van der Waals surface area contributed by atoms with E-state index in [2.05, 4.69) is 15.9 Å². The fourth-order valence-electron chi connectivity index (χ4n) is 4.03. The maximum Gasteiger partial charge on any atom is 0.337 e. The highest BCUT2D eigenvalue weighted by molar-refractivity contribution is 9.10. The number of aromatic nitrogens is 3. The molecule has 4 aromatic rings. The molecule has 2 heterocycles. The van der Waals surface area contributed by atoms with E-state index in [1.165, 1.54) is 13.7 Å². The lowest BCUT2D eigenvalue weighted by Gasteiger charge is -2.19. The number of nitrogens with zero attached hydrogens (tertiary/aromatic N) is 3. The van der Waals surface area contributed by atoms with E-state index in [9.17, 15) is 14.4 Å². The Morgan fingerprint density at radius 3 is 2.21 bits per heavy atom. The third-order valence-electron chi connectivity index (χ3n) is 6.02. The molecule has 1 aliphatic rings. The molecule has 1 fully saturated rings. The van der Waals surface area contributed by atoms with Crippen LogP contribution >= 0.6 is 28.0 Å². The van der Waals surface area contributed by atoms with Gasteiger partial charge >= 0.3 is 5.69 Å². The van der Waals surface area contributed by atoms with Gasteiger partial charge in [0.2, 0.25) is 0 Å². The largest absolute Gasteiger partial charge is 0.419 e. The number of rotatable bonds is 5. The van der Waals surface area contributed by atoms with Crippen LogP contribution in [0.1, 0.15) is 30.0 Å². The molecule has 9 heteroatoms. The van der Waals surface area contributed by atoms with Gasteiger partial charge in [-0.1, -0.05) is 33.6 Å². The van der Waals surface area contributed by atoms with E-state index in [1.54, 1.807) is 26.1 Å². The molecule has 1 aliphatic carbocycles. The Hall–Kier alpha value is -3.04. The molecule has 0 aliphatic heterocycles. The zero-order valence-electron chi connectivity index (χ0n) is 18.9.